The number of rotatable bonds is 7. The lowest BCUT2D eigenvalue weighted by Crippen LogP contribution is -2.48. The molecule has 2 rings (SSSR count). The molecule has 0 saturated heterocycles. The monoisotopic (exact) mass is 388 g/mol. The number of para-hydroxylation sites is 1. The van der Waals surface area contributed by atoms with Crippen LogP contribution in [0.5, 0.6) is 0 Å². The van der Waals surface area contributed by atoms with Crippen LogP contribution in [0.1, 0.15) is 26.3 Å². The number of hydrogen-bond acceptors (Lipinski definition) is 4. The number of nitrogens with one attached hydrogen (secondary N) is 2. The largest absolute Gasteiger partial charge is 0.444 e. The molecule has 2 aromatic rings. The highest BCUT2D eigenvalue weighted by molar-refractivity contribution is 5.96. The molecule has 0 radical (unpaired) electrons. The molecule has 7 heteroatoms. The highest BCUT2D eigenvalue weighted by Gasteiger charge is 2.25. The van der Waals surface area contributed by atoms with Crippen LogP contribution in [-0.2, 0) is 20.9 Å². The van der Waals surface area contributed by atoms with Crippen LogP contribution in [0, 0.1) is 5.82 Å². The van der Waals surface area contributed by atoms with E-state index in [-0.39, 0.29) is 18.9 Å². The standard InChI is InChI=1S/C21H25FN2O4/c1-21(2,3)28-20(26)24-18(14-27-13-15-9-5-4-6-10-15)19(25)23-17-12-8-7-11-16(17)22/h4-12,18H,13-14H2,1-3H3,(H,23,25)(H,24,26)/t18-/m0/s1. The molecule has 2 N–H and O–H groups in total. The third kappa shape index (κ3) is 7.36. The van der Waals surface area contributed by atoms with Crippen molar-refractivity contribution in [2.75, 3.05) is 11.9 Å². The minimum Gasteiger partial charge on any atom is -0.444 e. The number of benzene rings is 2. The summed E-state index contributed by atoms with van der Waals surface area (Å²) in [4.78, 5) is 24.7. The number of alkyl carbamates (subject to hydrolysis) is 1. The van der Waals surface area contributed by atoms with Crippen LogP contribution < -0.4 is 10.6 Å². The van der Waals surface area contributed by atoms with Gasteiger partial charge in [0.15, 0.2) is 0 Å². The van der Waals surface area contributed by atoms with Crippen LogP contribution in [0.2, 0.25) is 0 Å². The first kappa shape index (κ1) is 21.4. The van der Waals surface area contributed by atoms with Crippen molar-refractivity contribution in [3.8, 4) is 0 Å². The van der Waals surface area contributed by atoms with E-state index in [0.717, 1.165) is 5.56 Å². The van der Waals surface area contributed by atoms with Crippen molar-refractivity contribution in [3.63, 3.8) is 0 Å². The van der Waals surface area contributed by atoms with Gasteiger partial charge in [-0.2, -0.15) is 0 Å². The lowest BCUT2D eigenvalue weighted by molar-refractivity contribution is -0.119. The second-order valence-electron chi connectivity index (χ2n) is 7.17. The summed E-state index contributed by atoms with van der Waals surface area (Å²) in [6.45, 7) is 5.31. The molecule has 0 aliphatic carbocycles. The van der Waals surface area contributed by atoms with E-state index in [2.05, 4.69) is 10.6 Å². The van der Waals surface area contributed by atoms with E-state index in [1.165, 1.54) is 18.2 Å². The highest BCUT2D eigenvalue weighted by Crippen LogP contribution is 2.13. The fourth-order valence-corrected chi connectivity index (χ4v) is 2.28. The van der Waals surface area contributed by atoms with E-state index in [1.54, 1.807) is 26.8 Å². The Bertz CT molecular complexity index is 790. The maximum atomic E-state index is 13.8. The summed E-state index contributed by atoms with van der Waals surface area (Å²) in [6, 6.07) is 14.1. The van der Waals surface area contributed by atoms with Crippen molar-refractivity contribution in [1.82, 2.24) is 5.32 Å². The Hall–Kier alpha value is -2.93. The van der Waals surface area contributed by atoms with E-state index in [4.69, 9.17) is 9.47 Å². The van der Waals surface area contributed by atoms with Gasteiger partial charge < -0.3 is 20.1 Å². The molecule has 2 amide bonds. The van der Waals surface area contributed by atoms with Crippen molar-refractivity contribution in [1.29, 1.82) is 0 Å². The molecule has 0 fully saturated rings. The van der Waals surface area contributed by atoms with Gasteiger partial charge in [-0.1, -0.05) is 42.5 Å². The molecule has 28 heavy (non-hydrogen) atoms. The fourth-order valence-electron chi connectivity index (χ4n) is 2.28. The minimum absolute atomic E-state index is 0.0200. The van der Waals surface area contributed by atoms with Crippen LogP contribution in [0.3, 0.4) is 0 Å². The average molecular weight is 388 g/mol. The molecule has 0 heterocycles. The molecule has 150 valence electrons. The van der Waals surface area contributed by atoms with Gasteiger partial charge >= 0.3 is 6.09 Å². The summed E-state index contributed by atoms with van der Waals surface area (Å²) >= 11 is 0. The second-order valence-corrected chi connectivity index (χ2v) is 7.17. The molecule has 0 aromatic heterocycles. The van der Waals surface area contributed by atoms with Crippen molar-refractivity contribution < 1.29 is 23.5 Å². The summed E-state index contributed by atoms with van der Waals surface area (Å²) in [6.07, 6.45) is -0.760. The third-order valence-electron chi connectivity index (χ3n) is 3.54. The lowest BCUT2D eigenvalue weighted by atomic mass is 10.2. The molecule has 1 atom stereocenters. The molecular formula is C21H25FN2O4. The SMILES string of the molecule is CC(C)(C)OC(=O)N[C@@H](COCc1ccccc1)C(=O)Nc1ccccc1F. The molecular weight excluding hydrogens is 363 g/mol. The minimum atomic E-state index is -1.06. The van der Waals surface area contributed by atoms with E-state index in [0.29, 0.717) is 0 Å². The normalized spacial score (nSPS) is 12.1. The van der Waals surface area contributed by atoms with E-state index in [1.807, 2.05) is 30.3 Å². The molecule has 0 aliphatic heterocycles. The van der Waals surface area contributed by atoms with E-state index in [9.17, 15) is 14.0 Å². The van der Waals surface area contributed by atoms with Crippen molar-refractivity contribution in [3.05, 3.63) is 66.0 Å². The van der Waals surface area contributed by atoms with Gasteiger partial charge in [0.05, 0.1) is 18.9 Å². The van der Waals surface area contributed by atoms with Gasteiger partial charge in [-0.05, 0) is 38.5 Å². The first-order valence-corrected chi connectivity index (χ1v) is 8.91. The van der Waals surface area contributed by atoms with Gasteiger partial charge in [0.1, 0.15) is 17.5 Å². The molecule has 6 nitrogen and oxygen atoms in total. The first-order chi connectivity index (χ1) is 13.2. The summed E-state index contributed by atoms with van der Waals surface area (Å²) in [5.74, 6) is -1.18. The Labute approximate surface area is 164 Å². The van der Waals surface area contributed by atoms with Crippen molar-refractivity contribution in [2.45, 2.75) is 39.0 Å². The topological polar surface area (TPSA) is 76.7 Å². The Kier molecular flexibility index (Phi) is 7.52. The second kappa shape index (κ2) is 9.85. The average Bonchev–Trinajstić information content (AvgIpc) is 2.62. The van der Waals surface area contributed by atoms with E-state index < -0.39 is 29.5 Å². The van der Waals surface area contributed by atoms with Crippen LogP contribution in [0.25, 0.3) is 0 Å². The van der Waals surface area contributed by atoms with Gasteiger partial charge in [0.2, 0.25) is 5.91 Å². The molecule has 0 aliphatic rings. The predicted molar refractivity (Wildman–Crippen MR) is 104 cm³/mol. The fraction of sp³-hybridized carbons (Fsp3) is 0.333. The van der Waals surface area contributed by atoms with Gasteiger partial charge in [0, 0.05) is 0 Å². The van der Waals surface area contributed by atoms with Crippen LogP contribution in [0.4, 0.5) is 14.9 Å². The molecule has 2 aromatic carbocycles. The lowest BCUT2D eigenvalue weighted by Gasteiger charge is -2.23. The number of hydrogen-bond donors (Lipinski definition) is 2. The maximum Gasteiger partial charge on any atom is 0.408 e. The van der Waals surface area contributed by atoms with Crippen molar-refractivity contribution in [2.24, 2.45) is 0 Å². The number of halogens is 1. The highest BCUT2D eigenvalue weighted by atomic mass is 19.1. The Morgan fingerprint density at radius 2 is 1.68 bits per heavy atom. The van der Waals surface area contributed by atoms with Gasteiger partial charge in [-0.25, -0.2) is 9.18 Å². The number of carbonyl (C=O) groups is 2. The zero-order valence-electron chi connectivity index (χ0n) is 16.2. The Morgan fingerprint density at radius 3 is 2.32 bits per heavy atom. The Balaban J connectivity index is 2.02. The Morgan fingerprint density at radius 1 is 1.04 bits per heavy atom. The van der Waals surface area contributed by atoms with Gasteiger partial charge in [-0.3, -0.25) is 4.79 Å². The van der Waals surface area contributed by atoms with Crippen LogP contribution in [-0.4, -0.2) is 30.3 Å². The van der Waals surface area contributed by atoms with Gasteiger partial charge in [0.25, 0.3) is 0 Å². The summed E-state index contributed by atoms with van der Waals surface area (Å²) < 4.78 is 24.6. The van der Waals surface area contributed by atoms with E-state index >= 15 is 0 Å². The van der Waals surface area contributed by atoms with Crippen LogP contribution >= 0.6 is 0 Å². The molecule has 0 saturated carbocycles. The molecule has 0 unspecified atom stereocenters. The molecule has 0 bridgehead atoms. The number of carbonyl (C=O) groups excluding carboxylic acids is 2. The zero-order chi connectivity index (χ0) is 20.6. The summed E-state index contributed by atoms with van der Waals surface area (Å²) in [5, 5.41) is 4.94. The van der Waals surface area contributed by atoms with Crippen LogP contribution in [0.15, 0.2) is 54.6 Å². The third-order valence-corrected chi connectivity index (χ3v) is 3.54. The van der Waals surface area contributed by atoms with Gasteiger partial charge in [-0.15, -0.1) is 0 Å². The predicted octanol–water partition coefficient (Wildman–Crippen LogP) is 3.87. The summed E-state index contributed by atoms with van der Waals surface area (Å²) in [5.41, 5.74) is 0.223. The molecule has 0 spiro atoms. The summed E-state index contributed by atoms with van der Waals surface area (Å²) in [7, 11) is 0. The smallest absolute Gasteiger partial charge is 0.408 e. The number of anilines is 1. The first-order valence-electron chi connectivity index (χ1n) is 8.91. The number of amides is 2. The van der Waals surface area contributed by atoms with Crippen molar-refractivity contribution >= 4 is 17.7 Å². The number of ether oxygens (including phenoxy) is 2. The maximum absolute atomic E-state index is 13.8. The quantitative estimate of drug-likeness (QED) is 0.755. The zero-order valence-corrected chi connectivity index (χ0v) is 16.2.